The molecule has 3 aromatic rings. The van der Waals surface area contributed by atoms with Gasteiger partial charge in [-0.2, -0.15) is 5.26 Å². The quantitative estimate of drug-likeness (QED) is 0.776. The SMILES string of the molecule is N#Cc1cccc(-c2ccccc2NC(=O)Cc2ccccc2)c1. The average Bonchev–Trinajstić information content (AvgIpc) is 2.63. The number of amides is 1. The third-order valence-electron chi connectivity index (χ3n) is 3.71. The van der Waals surface area contributed by atoms with Gasteiger partial charge in [-0.1, -0.05) is 60.7 Å². The van der Waals surface area contributed by atoms with Crippen LogP contribution in [-0.2, 0) is 11.2 Å². The summed E-state index contributed by atoms with van der Waals surface area (Å²) in [5, 5.41) is 12.0. The summed E-state index contributed by atoms with van der Waals surface area (Å²) in [5.74, 6) is -0.0647. The molecule has 0 aromatic heterocycles. The summed E-state index contributed by atoms with van der Waals surface area (Å²) in [5.41, 5.74) is 4.12. The van der Waals surface area contributed by atoms with E-state index in [4.69, 9.17) is 5.26 Å². The van der Waals surface area contributed by atoms with Crippen molar-refractivity contribution in [3.63, 3.8) is 0 Å². The highest BCUT2D eigenvalue weighted by molar-refractivity contribution is 5.96. The lowest BCUT2D eigenvalue weighted by atomic mass is 10.0. The van der Waals surface area contributed by atoms with E-state index < -0.39 is 0 Å². The fourth-order valence-electron chi connectivity index (χ4n) is 2.58. The number of carbonyl (C=O) groups is 1. The van der Waals surface area contributed by atoms with E-state index >= 15 is 0 Å². The first-order valence-corrected chi connectivity index (χ1v) is 7.69. The molecule has 3 rings (SSSR count). The van der Waals surface area contributed by atoms with Crippen LogP contribution < -0.4 is 5.32 Å². The van der Waals surface area contributed by atoms with E-state index in [1.807, 2.05) is 72.8 Å². The van der Waals surface area contributed by atoms with Crippen molar-refractivity contribution in [1.82, 2.24) is 0 Å². The Bertz CT molecular complexity index is 895. The summed E-state index contributed by atoms with van der Waals surface area (Å²) in [7, 11) is 0. The smallest absolute Gasteiger partial charge is 0.228 e. The van der Waals surface area contributed by atoms with Crippen LogP contribution in [0.1, 0.15) is 11.1 Å². The van der Waals surface area contributed by atoms with Crippen molar-refractivity contribution < 1.29 is 4.79 Å². The maximum absolute atomic E-state index is 12.3. The summed E-state index contributed by atoms with van der Waals surface area (Å²) in [6.45, 7) is 0. The molecule has 3 aromatic carbocycles. The van der Waals surface area contributed by atoms with Gasteiger partial charge in [-0.05, 0) is 29.3 Å². The Morgan fingerprint density at radius 1 is 0.917 bits per heavy atom. The highest BCUT2D eigenvalue weighted by Gasteiger charge is 2.09. The van der Waals surface area contributed by atoms with Crippen LogP contribution in [0.2, 0.25) is 0 Å². The zero-order chi connectivity index (χ0) is 16.8. The molecule has 0 bridgehead atoms. The third kappa shape index (κ3) is 3.68. The van der Waals surface area contributed by atoms with Crippen molar-refractivity contribution in [1.29, 1.82) is 5.26 Å². The molecule has 0 fully saturated rings. The first-order chi connectivity index (χ1) is 11.8. The number of nitrogens with zero attached hydrogens (tertiary/aromatic N) is 1. The molecule has 3 heteroatoms. The lowest BCUT2D eigenvalue weighted by Gasteiger charge is -2.11. The number of benzene rings is 3. The Morgan fingerprint density at radius 2 is 1.67 bits per heavy atom. The number of hydrogen-bond acceptors (Lipinski definition) is 2. The van der Waals surface area contributed by atoms with Gasteiger partial charge in [0.1, 0.15) is 0 Å². The topological polar surface area (TPSA) is 52.9 Å². The van der Waals surface area contributed by atoms with Crippen LogP contribution in [0.3, 0.4) is 0 Å². The Morgan fingerprint density at radius 3 is 2.46 bits per heavy atom. The van der Waals surface area contributed by atoms with Gasteiger partial charge in [0, 0.05) is 11.3 Å². The minimum Gasteiger partial charge on any atom is -0.325 e. The van der Waals surface area contributed by atoms with Crippen LogP contribution in [0.5, 0.6) is 0 Å². The van der Waals surface area contributed by atoms with Crippen molar-refractivity contribution in [2.45, 2.75) is 6.42 Å². The van der Waals surface area contributed by atoms with Crippen LogP contribution in [0, 0.1) is 11.3 Å². The summed E-state index contributed by atoms with van der Waals surface area (Å²) in [4.78, 5) is 12.3. The Labute approximate surface area is 141 Å². The minimum atomic E-state index is -0.0647. The molecule has 0 unspecified atom stereocenters. The Hall–Kier alpha value is -3.38. The van der Waals surface area contributed by atoms with Gasteiger partial charge in [0.2, 0.25) is 5.91 Å². The van der Waals surface area contributed by atoms with E-state index in [0.717, 1.165) is 22.4 Å². The van der Waals surface area contributed by atoms with Gasteiger partial charge in [0.05, 0.1) is 18.1 Å². The van der Waals surface area contributed by atoms with Gasteiger partial charge >= 0.3 is 0 Å². The predicted octanol–water partition coefficient (Wildman–Crippen LogP) is 4.41. The molecule has 0 spiro atoms. The number of nitriles is 1. The minimum absolute atomic E-state index is 0.0647. The summed E-state index contributed by atoms with van der Waals surface area (Å²) in [6.07, 6.45) is 0.327. The monoisotopic (exact) mass is 312 g/mol. The van der Waals surface area contributed by atoms with Gasteiger partial charge in [0.15, 0.2) is 0 Å². The molecule has 0 aliphatic carbocycles. The molecule has 1 amide bonds. The van der Waals surface area contributed by atoms with Crippen molar-refractivity contribution in [3.05, 3.63) is 90.0 Å². The molecule has 0 aliphatic heterocycles. The number of hydrogen-bond donors (Lipinski definition) is 1. The normalized spacial score (nSPS) is 9.96. The van der Waals surface area contributed by atoms with Gasteiger partial charge in [0.25, 0.3) is 0 Å². The molecule has 0 radical (unpaired) electrons. The number of nitrogens with one attached hydrogen (secondary N) is 1. The molecule has 116 valence electrons. The molecule has 0 saturated heterocycles. The molecule has 0 saturated carbocycles. The van der Waals surface area contributed by atoms with Crippen LogP contribution in [0.4, 0.5) is 5.69 Å². The lowest BCUT2D eigenvalue weighted by molar-refractivity contribution is -0.115. The molecule has 1 N–H and O–H groups in total. The first kappa shape index (κ1) is 15.5. The molecule has 0 atom stereocenters. The summed E-state index contributed by atoms with van der Waals surface area (Å²) >= 11 is 0. The zero-order valence-corrected chi connectivity index (χ0v) is 13.1. The highest BCUT2D eigenvalue weighted by atomic mass is 16.1. The molecule has 24 heavy (non-hydrogen) atoms. The molecule has 0 aliphatic rings. The maximum Gasteiger partial charge on any atom is 0.228 e. The van der Waals surface area contributed by atoms with Crippen molar-refractivity contribution in [2.75, 3.05) is 5.32 Å². The number of carbonyl (C=O) groups excluding carboxylic acids is 1. The van der Waals surface area contributed by atoms with E-state index in [-0.39, 0.29) is 5.91 Å². The number of rotatable bonds is 4. The van der Waals surface area contributed by atoms with Gasteiger partial charge < -0.3 is 5.32 Å². The van der Waals surface area contributed by atoms with Crippen molar-refractivity contribution >= 4 is 11.6 Å². The van der Waals surface area contributed by atoms with E-state index in [1.165, 1.54) is 0 Å². The van der Waals surface area contributed by atoms with Crippen LogP contribution in [0.25, 0.3) is 11.1 Å². The fraction of sp³-hybridized carbons (Fsp3) is 0.0476. The largest absolute Gasteiger partial charge is 0.325 e. The molecule has 3 nitrogen and oxygen atoms in total. The zero-order valence-electron chi connectivity index (χ0n) is 13.1. The van der Waals surface area contributed by atoms with Crippen LogP contribution in [0.15, 0.2) is 78.9 Å². The maximum atomic E-state index is 12.3. The number of anilines is 1. The van der Waals surface area contributed by atoms with Crippen LogP contribution >= 0.6 is 0 Å². The van der Waals surface area contributed by atoms with Crippen LogP contribution in [-0.4, -0.2) is 5.91 Å². The summed E-state index contributed by atoms with van der Waals surface area (Å²) < 4.78 is 0. The van der Waals surface area contributed by atoms with Gasteiger partial charge in [-0.15, -0.1) is 0 Å². The second-order valence-corrected chi connectivity index (χ2v) is 5.45. The number of para-hydroxylation sites is 1. The lowest BCUT2D eigenvalue weighted by Crippen LogP contribution is -2.14. The third-order valence-corrected chi connectivity index (χ3v) is 3.71. The van der Waals surface area contributed by atoms with E-state index in [9.17, 15) is 4.79 Å². The van der Waals surface area contributed by atoms with Gasteiger partial charge in [-0.25, -0.2) is 0 Å². The second kappa shape index (κ2) is 7.26. The first-order valence-electron chi connectivity index (χ1n) is 7.69. The standard InChI is InChI=1S/C21H16N2O/c22-15-17-9-6-10-18(13-17)19-11-4-5-12-20(19)23-21(24)14-16-7-2-1-3-8-16/h1-13H,14H2,(H,23,24). The molecule has 0 heterocycles. The predicted molar refractivity (Wildman–Crippen MR) is 95.4 cm³/mol. The molecular weight excluding hydrogens is 296 g/mol. The average molecular weight is 312 g/mol. The summed E-state index contributed by atoms with van der Waals surface area (Å²) in [6, 6.07) is 26.8. The van der Waals surface area contributed by atoms with E-state index in [2.05, 4.69) is 11.4 Å². The fourth-order valence-corrected chi connectivity index (χ4v) is 2.58. The van der Waals surface area contributed by atoms with E-state index in [1.54, 1.807) is 6.07 Å². The highest BCUT2D eigenvalue weighted by Crippen LogP contribution is 2.28. The van der Waals surface area contributed by atoms with Crippen molar-refractivity contribution in [3.8, 4) is 17.2 Å². The van der Waals surface area contributed by atoms with Gasteiger partial charge in [-0.3, -0.25) is 4.79 Å². The Balaban J connectivity index is 1.84. The second-order valence-electron chi connectivity index (χ2n) is 5.45. The Kier molecular flexibility index (Phi) is 4.69. The molecular formula is C21H16N2O. The van der Waals surface area contributed by atoms with E-state index in [0.29, 0.717) is 12.0 Å². The van der Waals surface area contributed by atoms with Crippen molar-refractivity contribution in [2.24, 2.45) is 0 Å².